The van der Waals surface area contributed by atoms with Crippen LogP contribution in [0.1, 0.15) is 18.2 Å². The number of rotatable bonds is 5. The van der Waals surface area contributed by atoms with Gasteiger partial charge in [0.25, 0.3) is 0 Å². The fraction of sp³-hybridized carbons (Fsp3) is 0.545. The summed E-state index contributed by atoms with van der Waals surface area (Å²) in [5.74, 6) is -0.234. The van der Waals surface area contributed by atoms with Gasteiger partial charge in [0.15, 0.2) is 0 Å². The highest BCUT2D eigenvalue weighted by molar-refractivity contribution is 7.80. The quantitative estimate of drug-likeness (QED) is 0.647. The topological polar surface area (TPSA) is 76.0 Å². The summed E-state index contributed by atoms with van der Waals surface area (Å²) in [4.78, 5) is 22.7. The molecule has 2 N–H and O–H groups in total. The molecule has 1 unspecified atom stereocenters. The minimum Gasteiger partial charge on any atom is -0.350 e. The maximum Gasteiger partial charge on any atom is 0.243 e. The number of hydrogen-bond acceptors (Lipinski definition) is 4. The summed E-state index contributed by atoms with van der Waals surface area (Å²) in [7, 11) is 1.84. The molecule has 0 aliphatic rings. The average molecular weight is 270 g/mol. The van der Waals surface area contributed by atoms with Crippen LogP contribution in [0.3, 0.4) is 0 Å². The first-order valence-electron chi connectivity index (χ1n) is 5.58. The normalized spacial score (nSPS) is 12.0. The number of nitrogens with zero attached hydrogens (tertiary/aromatic N) is 2. The van der Waals surface area contributed by atoms with Crippen LogP contribution < -0.4 is 10.6 Å². The first-order valence-corrected chi connectivity index (χ1v) is 6.22. The van der Waals surface area contributed by atoms with Gasteiger partial charge in [0.2, 0.25) is 11.8 Å². The Hall–Kier alpha value is -1.50. The van der Waals surface area contributed by atoms with Crippen molar-refractivity contribution < 1.29 is 9.59 Å². The van der Waals surface area contributed by atoms with Gasteiger partial charge in [-0.15, -0.1) is 0 Å². The molecule has 0 saturated heterocycles. The van der Waals surface area contributed by atoms with Crippen LogP contribution in [0.15, 0.2) is 6.20 Å². The first kappa shape index (κ1) is 14.6. The predicted molar refractivity (Wildman–Crippen MR) is 71.2 cm³/mol. The molecule has 0 saturated carbocycles. The highest BCUT2D eigenvalue weighted by Crippen LogP contribution is 2.04. The zero-order chi connectivity index (χ0) is 13.7. The molecule has 1 aromatic heterocycles. The maximum absolute atomic E-state index is 11.8. The van der Waals surface area contributed by atoms with Crippen molar-refractivity contribution in [1.82, 2.24) is 20.4 Å². The summed E-state index contributed by atoms with van der Waals surface area (Å²) in [6.07, 6.45) is 1.71. The molecule has 1 heterocycles. The van der Waals surface area contributed by atoms with Crippen molar-refractivity contribution in [3.8, 4) is 0 Å². The van der Waals surface area contributed by atoms with E-state index in [2.05, 4.69) is 28.4 Å². The second-order valence-corrected chi connectivity index (χ2v) is 4.40. The Morgan fingerprint density at radius 1 is 1.56 bits per heavy atom. The molecule has 7 heteroatoms. The molecule has 0 aromatic carbocycles. The van der Waals surface area contributed by atoms with Gasteiger partial charge >= 0.3 is 0 Å². The highest BCUT2D eigenvalue weighted by atomic mass is 32.1. The molecule has 0 bridgehead atoms. The fourth-order valence-corrected chi connectivity index (χ4v) is 1.72. The molecule has 0 fully saturated rings. The van der Waals surface area contributed by atoms with E-state index in [0.29, 0.717) is 6.54 Å². The van der Waals surface area contributed by atoms with Crippen LogP contribution in [-0.4, -0.2) is 33.4 Å². The fourth-order valence-electron chi connectivity index (χ4n) is 1.46. The molecule has 2 amide bonds. The van der Waals surface area contributed by atoms with Crippen LogP contribution in [0.5, 0.6) is 0 Å². The third-order valence-corrected chi connectivity index (χ3v) is 3.03. The monoisotopic (exact) mass is 270 g/mol. The van der Waals surface area contributed by atoms with Crippen molar-refractivity contribution in [2.45, 2.75) is 26.4 Å². The summed E-state index contributed by atoms with van der Waals surface area (Å²) < 4.78 is 1.74. The van der Waals surface area contributed by atoms with Crippen LogP contribution in [-0.2, 0) is 23.2 Å². The number of hydrogen-bond donors (Lipinski definition) is 3. The van der Waals surface area contributed by atoms with Crippen molar-refractivity contribution in [2.24, 2.45) is 7.05 Å². The Kier molecular flexibility index (Phi) is 5.21. The van der Waals surface area contributed by atoms with E-state index in [1.54, 1.807) is 10.9 Å². The van der Waals surface area contributed by atoms with E-state index in [-0.39, 0.29) is 17.6 Å². The summed E-state index contributed by atoms with van der Waals surface area (Å²) in [6.45, 7) is 3.69. The van der Waals surface area contributed by atoms with Gasteiger partial charge in [0, 0.05) is 37.5 Å². The Bertz CT molecular complexity index is 444. The van der Waals surface area contributed by atoms with E-state index in [1.807, 2.05) is 14.0 Å². The molecule has 100 valence electrons. The molecule has 1 aromatic rings. The standard InChI is InChI=1S/C11H18N4O2S/c1-7-9(5-13-15(7)3)4-12-11(17)10(6-18)14-8(2)16/h5,10,18H,4,6H2,1-3H3,(H,12,17)(H,14,16). The van der Waals surface area contributed by atoms with Crippen LogP contribution in [0.25, 0.3) is 0 Å². The summed E-state index contributed by atoms with van der Waals surface area (Å²) in [6, 6.07) is -0.609. The zero-order valence-electron chi connectivity index (χ0n) is 10.7. The number of carbonyl (C=O) groups excluding carboxylic acids is 2. The second-order valence-electron chi connectivity index (χ2n) is 4.03. The van der Waals surface area contributed by atoms with Gasteiger partial charge in [0.1, 0.15) is 6.04 Å². The van der Waals surface area contributed by atoms with Crippen LogP contribution in [0, 0.1) is 6.92 Å². The number of aryl methyl sites for hydroxylation is 1. The third-order valence-electron chi connectivity index (χ3n) is 2.67. The van der Waals surface area contributed by atoms with Crippen molar-refractivity contribution in [3.05, 3.63) is 17.5 Å². The molecule has 1 rings (SSSR count). The van der Waals surface area contributed by atoms with Crippen molar-refractivity contribution in [2.75, 3.05) is 5.75 Å². The van der Waals surface area contributed by atoms with Crippen molar-refractivity contribution in [3.63, 3.8) is 0 Å². The number of amides is 2. The van der Waals surface area contributed by atoms with E-state index in [9.17, 15) is 9.59 Å². The number of carbonyl (C=O) groups is 2. The Morgan fingerprint density at radius 3 is 2.67 bits per heavy atom. The minimum absolute atomic E-state index is 0.247. The van der Waals surface area contributed by atoms with Crippen LogP contribution >= 0.6 is 12.6 Å². The van der Waals surface area contributed by atoms with Gasteiger partial charge < -0.3 is 10.6 Å². The lowest BCUT2D eigenvalue weighted by Crippen LogP contribution is -2.47. The summed E-state index contributed by atoms with van der Waals surface area (Å²) in [5, 5.41) is 9.38. The number of nitrogens with one attached hydrogen (secondary N) is 2. The Morgan fingerprint density at radius 2 is 2.22 bits per heavy atom. The molecular formula is C11H18N4O2S. The smallest absolute Gasteiger partial charge is 0.243 e. The summed E-state index contributed by atoms with van der Waals surface area (Å²) >= 11 is 4.04. The van der Waals surface area contributed by atoms with Gasteiger partial charge in [-0.3, -0.25) is 14.3 Å². The lowest BCUT2D eigenvalue weighted by molar-refractivity contribution is -0.127. The van der Waals surface area contributed by atoms with Crippen LogP contribution in [0.2, 0.25) is 0 Å². The van der Waals surface area contributed by atoms with Gasteiger partial charge in [-0.25, -0.2) is 0 Å². The predicted octanol–water partition coefficient (Wildman–Crippen LogP) is -0.221. The lowest BCUT2D eigenvalue weighted by Gasteiger charge is -2.15. The van der Waals surface area contributed by atoms with E-state index in [1.165, 1.54) is 6.92 Å². The van der Waals surface area contributed by atoms with Crippen molar-refractivity contribution >= 4 is 24.4 Å². The molecule has 1 atom stereocenters. The first-order chi connectivity index (χ1) is 8.45. The maximum atomic E-state index is 11.8. The molecule has 18 heavy (non-hydrogen) atoms. The lowest BCUT2D eigenvalue weighted by atomic mass is 10.2. The van der Waals surface area contributed by atoms with E-state index in [4.69, 9.17) is 0 Å². The Balaban J connectivity index is 2.54. The largest absolute Gasteiger partial charge is 0.350 e. The second kappa shape index (κ2) is 6.44. The van der Waals surface area contributed by atoms with Gasteiger partial charge in [-0.2, -0.15) is 17.7 Å². The average Bonchev–Trinajstić information content (AvgIpc) is 2.64. The zero-order valence-corrected chi connectivity index (χ0v) is 11.6. The molecule has 0 aliphatic heterocycles. The van der Waals surface area contributed by atoms with Crippen LogP contribution in [0.4, 0.5) is 0 Å². The minimum atomic E-state index is -0.609. The van der Waals surface area contributed by atoms with Crippen molar-refractivity contribution in [1.29, 1.82) is 0 Å². The van der Waals surface area contributed by atoms with Gasteiger partial charge in [0.05, 0.1) is 6.20 Å². The molecule has 0 radical (unpaired) electrons. The number of aromatic nitrogens is 2. The molecular weight excluding hydrogens is 252 g/mol. The molecule has 6 nitrogen and oxygen atoms in total. The Labute approximate surface area is 112 Å². The van der Waals surface area contributed by atoms with E-state index < -0.39 is 6.04 Å². The van der Waals surface area contributed by atoms with Gasteiger partial charge in [-0.1, -0.05) is 0 Å². The SMILES string of the molecule is CC(=O)NC(CS)C(=O)NCc1cnn(C)c1C. The van der Waals surface area contributed by atoms with E-state index >= 15 is 0 Å². The summed E-state index contributed by atoms with van der Waals surface area (Å²) in [5.41, 5.74) is 1.95. The highest BCUT2D eigenvalue weighted by Gasteiger charge is 2.17. The van der Waals surface area contributed by atoms with Gasteiger partial charge in [-0.05, 0) is 6.92 Å². The molecule has 0 spiro atoms. The molecule has 0 aliphatic carbocycles. The third kappa shape index (κ3) is 3.76. The number of thiol groups is 1. The van der Waals surface area contributed by atoms with E-state index in [0.717, 1.165) is 11.3 Å².